The summed E-state index contributed by atoms with van der Waals surface area (Å²) in [6, 6.07) is 0. The first-order chi connectivity index (χ1) is 9.04. The highest BCUT2D eigenvalue weighted by molar-refractivity contribution is 14.1. The van der Waals surface area contributed by atoms with E-state index in [1.165, 1.54) is 12.8 Å². The molecule has 1 aromatic rings. The Labute approximate surface area is 128 Å². The standard InChI is InChI=1S/C14H22IN3O/c1-9(2)11-10(15)12(16-3)18-13(17-11)14(19-4)7-5-6-8-14/h9H,5-8H2,1-4H3,(H,16,17,18). The van der Waals surface area contributed by atoms with E-state index >= 15 is 0 Å². The van der Waals surface area contributed by atoms with Crippen LogP contribution in [-0.2, 0) is 10.3 Å². The van der Waals surface area contributed by atoms with E-state index < -0.39 is 0 Å². The van der Waals surface area contributed by atoms with Gasteiger partial charge in [-0.05, 0) is 54.2 Å². The lowest BCUT2D eigenvalue weighted by atomic mass is 10.00. The van der Waals surface area contributed by atoms with Crippen molar-refractivity contribution in [2.75, 3.05) is 19.5 Å². The molecule has 1 fully saturated rings. The molecule has 1 aromatic heterocycles. The highest BCUT2D eigenvalue weighted by Gasteiger charge is 2.39. The molecule has 1 heterocycles. The summed E-state index contributed by atoms with van der Waals surface area (Å²) in [5, 5.41) is 3.18. The molecule has 0 aromatic carbocycles. The van der Waals surface area contributed by atoms with Crippen LogP contribution in [0.5, 0.6) is 0 Å². The Morgan fingerprint density at radius 2 is 1.89 bits per heavy atom. The van der Waals surface area contributed by atoms with Gasteiger partial charge >= 0.3 is 0 Å². The molecule has 106 valence electrons. The highest BCUT2D eigenvalue weighted by Crippen LogP contribution is 2.41. The van der Waals surface area contributed by atoms with Crippen LogP contribution in [0.25, 0.3) is 0 Å². The molecule has 0 amide bonds. The summed E-state index contributed by atoms with van der Waals surface area (Å²) < 4.78 is 6.92. The first kappa shape index (κ1) is 15.0. The lowest BCUT2D eigenvalue weighted by Crippen LogP contribution is -2.28. The van der Waals surface area contributed by atoms with Gasteiger partial charge in [-0.2, -0.15) is 0 Å². The summed E-state index contributed by atoms with van der Waals surface area (Å²) in [6.07, 6.45) is 4.42. The second-order valence-electron chi connectivity index (χ2n) is 5.41. The molecule has 0 spiro atoms. The fourth-order valence-corrected chi connectivity index (χ4v) is 3.82. The predicted octanol–water partition coefficient (Wildman–Crippen LogP) is 3.66. The molecule has 0 radical (unpaired) electrons. The van der Waals surface area contributed by atoms with Crippen LogP contribution in [0.4, 0.5) is 5.82 Å². The number of methoxy groups -OCH3 is 1. The summed E-state index contributed by atoms with van der Waals surface area (Å²) >= 11 is 2.32. The van der Waals surface area contributed by atoms with Crippen LogP contribution in [0.1, 0.15) is 57.0 Å². The molecule has 1 saturated carbocycles. The summed E-state index contributed by atoms with van der Waals surface area (Å²) in [4.78, 5) is 9.53. The number of rotatable bonds is 4. The Morgan fingerprint density at radius 3 is 2.37 bits per heavy atom. The minimum atomic E-state index is -0.278. The molecule has 0 unspecified atom stereocenters. The number of aromatic nitrogens is 2. The number of ether oxygens (including phenoxy) is 1. The van der Waals surface area contributed by atoms with E-state index in [0.717, 1.165) is 33.7 Å². The summed E-state index contributed by atoms with van der Waals surface area (Å²) in [5.74, 6) is 2.15. The minimum Gasteiger partial charge on any atom is -0.372 e. The molecule has 0 bridgehead atoms. The zero-order chi connectivity index (χ0) is 14.0. The van der Waals surface area contributed by atoms with Crippen molar-refractivity contribution in [1.29, 1.82) is 0 Å². The highest BCUT2D eigenvalue weighted by atomic mass is 127. The molecule has 0 saturated heterocycles. The van der Waals surface area contributed by atoms with Crippen LogP contribution in [0, 0.1) is 3.57 Å². The first-order valence-electron chi connectivity index (χ1n) is 6.85. The monoisotopic (exact) mass is 375 g/mol. The van der Waals surface area contributed by atoms with E-state index in [9.17, 15) is 0 Å². The van der Waals surface area contributed by atoms with Crippen molar-refractivity contribution in [2.45, 2.75) is 51.0 Å². The Kier molecular flexibility index (Phi) is 4.66. The maximum absolute atomic E-state index is 5.80. The molecule has 5 heteroatoms. The van der Waals surface area contributed by atoms with Crippen molar-refractivity contribution >= 4 is 28.4 Å². The number of halogens is 1. The largest absolute Gasteiger partial charge is 0.372 e. The van der Waals surface area contributed by atoms with Gasteiger partial charge in [0, 0.05) is 14.2 Å². The van der Waals surface area contributed by atoms with Crippen LogP contribution < -0.4 is 5.32 Å². The lowest BCUT2D eigenvalue weighted by molar-refractivity contribution is -0.0164. The molecule has 19 heavy (non-hydrogen) atoms. The third-order valence-electron chi connectivity index (χ3n) is 3.87. The number of anilines is 1. The average Bonchev–Trinajstić information content (AvgIpc) is 2.88. The Bertz CT molecular complexity index is 456. The van der Waals surface area contributed by atoms with Crippen molar-refractivity contribution in [3.8, 4) is 0 Å². The second-order valence-corrected chi connectivity index (χ2v) is 6.48. The average molecular weight is 375 g/mol. The quantitative estimate of drug-likeness (QED) is 0.816. The third kappa shape index (κ3) is 2.72. The van der Waals surface area contributed by atoms with Gasteiger partial charge in [-0.3, -0.25) is 0 Å². The van der Waals surface area contributed by atoms with Crippen molar-refractivity contribution in [3.05, 3.63) is 15.1 Å². The van der Waals surface area contributed by atoms with Crippen molar-refractivity contribution in [2.24, 2.45) is 0 Å². The molecule has 1 aliphatic rings. The van der Waals surface area contributed by atoms with Crippen molar-refractivity contribution in [3.63, 3.8) is 0 Å². The maximum Gasteiger partial charge on any atom is 0.162 e. The molecular weight excluding hydrogens is 353 g/mol. The smallest absolute Gasteiger partial charge is 0.162 e. The normalized spacial score (nSPS) is 18.0. The summed E-state index contributed by atoms with van der Waals surface area (Å²) in [7, 11) is 3.69. The van der Waals surface area contributed by atoms with Gasteiger partial charge in [-0.25, -0.2) is 9.97 Å². The van der Waals surface area contributed by atoms with Gasteiger partial charge in [0.05, 0.1) is 9.26 Å². The van der Waals surface area contributed by atoms with Crippen LogP contribution in [0.15, 0.2) is 0 Å². The molecule has 2 rings (SSSR count). The second kappa shape index (κ2) is 5.91. The van der Waals surface area contributed by atoms with E-state index in [2.05, 4.69) is 41.8 Å². The van der Waals surface area contributed by atoms with Gasteiger partial charge in [0.15, 0.2) is 5.82 Å². The zero-order valence-corrected chi connectivity index (χ0v) is 14.2. The van der Waals surface area contributed by atoms with Crippen molar-refractivity contribution in [1.82, 2.24) is 9.97 Å². The molecular formula is C14H22IN3O. The molecule has 1 N–H and O–H groups in total. The number of hydrogen-bond acceptors (Lipinski definition) is 4. The molecule has 1 aliphatic carbocycles. The van der Waals surface area contributed by atoms with E-state index in [1.807, 2.05) is 7.05 Å². The fraction of sp³-hybridized carbons (Fsp3) is 0.714. The van der Waals surface area contributed by atoms with Crippen molar-refractivity contribution < 1.29 is 4.74 Å². The summed E-state index contributed by atoms with van der Waals surface area (Å²) in [5.41, 5.74) is 0.831. The Morgan fingerprint density at radius 1 is 1.26 bits per heavy atom. The van der Waals surface area contributed by atoms with Gasteiger partial charge in [-0.15, -0.1) is 0 Å². The Balaban J connectivity index is 2.54. The predicted molar refractivity (Wildman–Crippen MR) is 85.5 cm³/mol. The van der Waals surface area contributed by atoms with E-state index in [1.54, 1.807) is 7.11 Å². The first-order valence-corrected chi connectivity index (χ1v) is 7.93. The SMILES string of the molecule is CNc1nc(C2(OC)CCCC2)nc(C(C)C)c1I. The lowest BCUT2D eigenvalue weighted by Gasteiger charge is -2.27. The van der Waals surface area contributed by atoms with Gasteiger partial charge in [0.2, 0.25) is 0 Å². The Hall–Kier alpha value is -0.430. The number of nitrogens with zero attached hydrogens (tertiary/aromatic N) is 2. The topological polar surface area (TPSA) is 47.0 Å². The van der Waals surface area contributed by atoms with Gasteiger partial charge in [-0.1, -0.05) is 13.8 Å². The maximum atomic E-state index is 5.80. The van der Waals surface area contributed by atoms with Gasteiger partial charge in [0.25, 0.3) is 0 Å². The van der Waals surface area contributed by atoms with E-state index in [4.69, 9.17) is 14.7 Å². The fourth-order valence-electron chi connectivity index (χ4n) is 2.68. The van der Waals surface area contributed by atoms with Crippen LogP contribution in [0.3, 0.4) is 0 Å². The van der Waals surface area contributed by atoms with E-state index in [-0.39, 0.29) is 5.60 Å². The minimum absolute atomic E-state index is 0.278. The van der Waals surface area contributed by atoms with Gasteiger partial charge in [0.1, 0.15) is 11.4 Å². The zero-order valence-electron chi connectivity index (χ0n) is 12.1. The molecule has 4 nitrogen and oxygen atoms in total. The van der Waals surface area contributed by atoms with Crippen LogP contribution in [-0.4, -0.2) is 24.1 Å². The summed E-state index contributed by atoms with van der Waals surface area (Å²) in [6.45, 7) is 4.34. The third-order valence-corrected chi connectivity index (χ3v) is 4.93. The molecule has 0 aliphatic heterocycles. The molecule has 0 atom stereocenters. The van der Waals surface area contributed by atoms with E-state index in [0.29, 0.717) is 5.92 Å². The number of nitrogens with one attached hydrogen (secondary N) is 1. The van der Waals surface area contributed by atoms with Gasteiger partial charge < -0.3 is 10.1 Å². The number of hydrogen-bond donors (Lipinski definition) is 1. The van der Waals surface area contributed by atoms with Crippen LogP contribution >= 0.6 is 22.6 Å². The van der Waals surface area contributed by atoms with Crippen LogP contribution in [0.2, 0.25) is 0 Å².